The van der Waals surface area contributed by atoms with Crippen molar-refractivity contribution in [1.29, 1.82) is 0 Å². The number of rotatable bonds is 4. The summed E-state index contributed by atoms with van der Waals surface area (Å²) in [5.74, 6) is 0. The summed E-state index contributed by atoms with van der Waals surface area (Å²) < 4.78 is 30.7. The third kappa shape index (κ3) is 4.12. The number of carbonyl (C=O) groups excluding carboxylic acids is 1. The van der Waals surface area contributed by atoms with Crippen molar-refractivity contribution < 1.29 is 17.9 Å². The van der Waals surface area contributed by atoms with Crippen molar-refractivity contribution in [2.75, 3.05) is 6.54 Å². The highest BCUT2D eigenvalue weighted by Gasteiger charge is 2.35. The van der Waals surface area contributed by atoms with Crippen LogP contribution in [-0.4, -0.2) is 41.8 Å². The highest BCUT2D eigenvalue weighted by Crippen LogP contribution is 2.34. The van der Waals surface area contributed by atoms with Crippen LogP contribution in [0.2, 0.25) is 5.02 Å². The lowest BCUT2D eigenvalue weighted by Crippen LogP contribution is -2.34. The molecule has 30 heavy (non-hydrogen) atoms. The van der Waals surface area contributed by atoms with Crippen molar-refractivity contribution in [1.82, 2.24) is 14.7 Å². The number of fused-ring (bicyclic) bond motifs is 1. The molecule has 0 saturated carbocycles. The normalized spacial score (nSPS) is 19.4. The van der Waals surface area contributed by atoms with Gasteiger partial charge in [0.05, 0.1) is 27.7 Å². The minimum atomic E-state index is -3.94. The van der Waals surface area contributed by atoms with Crippen LogP contribution in [0.3, 0.4) is 0 Å². The summed E-state index contributed by atoms with van der Waals surface area (Å²) in [6.45, 7) is 2.53. The summed E-state index contributed by atoms with van der Waals surface area (Å²) in [5.41, 5.74) is 1.47. The minimum Gasteiger partial charge on any atom is -0.445 e. The first kappa shape index (κ1) is 21.0. The molecule has 1 amide bonds. The second kappa shape index (κ2) is 8.09. The first-order valence-corrected chi connectivity index (χ1v) is 12.0. The van der Waals surface area contributed by atoms with Gasteiger partial charge in [-0.1, -0.05) is 41.9 Å². The topological polar surface area (TPSA) is 81.5 Å². The van der Waals surface area contributed by atoms with Crippen LogP contribution in [0.15, 0.2) is 53.6 Å². The van der Waals surface area contributed by atoms with Crippen LogP contribution in [0, 0.1) is 0 Å². The molecule has 1 fully saturated rings. The SMILES string of the molecule is C[C@H]1C[C@@H](n2ncc3c(Cl)cc(S(=O)(=O)Cl)cc32)CN1C(=O)OCc1ccccc1. The third-order valence-corrected chi connectivity index (χ3v) is 6.91. The zero-order valence-electron chi connectivity index (χ0n) is 16.0. The third-order valence-electron chi connectivity index (χ3n) is 5.26. The molecule has 0 N–H and O–H groups in total. The molecule has 1 saturated heterocycles. The molecular weight excluding hydrogens is 449 g/mol. The zero-order chi connectivity index (χ0) is 21.5. The van der Waals surface area contributed by atoms with Gasteiger partial charge in [-0.05, 0) is 31.0 Å². The van der Waals surface area contributed by atoms with E-state index >= 15 is 0 Å². The average Bonchev–Trinajstić information content (AvgIpc) is 3.30. The van der Waals surface area contributed by atoms with Crippen LogP contribution in [0.5, 0.6) is 0 Å². The highest BCUT2D eigenvalue weighted by atomic mass is 35.7. The van der Waals surface area contributed by atoms with E-state index in [1.54, 1.807) is 15.8 Å². The maximum Gasteiger partial charge on any atom is 0.410 e. The Balaban J connectivity index is 1.55. The molecule has 2 atom stereocenters. The molecule has 2 heterocycles. The van der Waals surface area contributed by atoms with Gasteiger partial charge in [-0.15, -0.1) is 0 Å². The summed E-state index contributed by atoms with van der Waals surface area (Å²) in [7, 11) is 1.56. The lowest BCUT2D eigenvalue weighted by molar-refractivity contribution is 0.0935. The molecule has 3 aromatic rings. The van der Waals surface area contributed by atoms with Gasteiger partial charge in [-0.25, -0.2) is 13.2 Å². The predicted octanol–water partition coefficient (Wildman–Crippen LogP) is 4.59. The molecule has 10 heteroatoms. The number of ether oxygens (including phenoxy) is 1. The van der Waals surface area contributed by atoms with E-state index in [1.807, 2.05) is 37.3 Å². The summed E-state index contributed by atoms with van der Waals surface area (Å²) in [6.07, 6.45) is 1.84. The summed E-state index contributed by atoms with van der Waals surface area (Å²) in [6, 6.07) is 12.0. The maximum absolute atomic E-state index is 12.6. The molecule has 0 spiro atoms. The molecule has 7 nitrogen and oxygen atoms in total. The van der Waals surface area contributed by atoms with Gasteiger partial charge in [0.25, 0.3) is 9.05 Å². The van der Waals surface area contributed by atoms with Crippen LogP contribution in [0.4, 0.5) is 4.79 Å². The van der Waals surface area contributed by atoms with E-state index in [2.05, 4.69) is 5.10 Å². The van der Waals surface area contributed by atoms with E-state index in [0.29, 0.717) is 23.9 Å². The van der Waals surface area contributed by atoms with E-state index in [1.165, 1.54) is 12.1 Å². The smallest absolute Gasteiger partial charge is 0.410 e. The molecule has 158 valence electrons. The van der Waals surface area contributed by atoms with Crippen LogP contribution >= 0.6 is 22.3 Å². The number of aromatic nitrogens is 2. The Kier molecular flexibility index (Phi) is 5.65. The molecule has 2 aromatic carbocycles. The Morgan fingerprint density at radius 2 is 2.00 bits per heavy atom. The summed E-state index contributed by atoms with van der Waals surface area (Å²) in [5, 5.41) is 5.28. The lowest BCUT2D eigenvalue weighted by Gasteiger charge is -2.20. The number of hydrogen-bond donors (Lipinski definition) is 0. The molecule has 4 rings (SSSR count). The van der Waals surface area contributed by atoms with E-state index in [-0.39, 0.29) is 28.6 Å². The van der Waals surface area contributed by atoms with E-state index in [4.69, 9.17) is 27.0 Å². The Labute approximate surface area is 183 Å². The molecule has 1 aliphatic rings. The number of carbonyl (C=O) groups is 1. The Hall–Kier alpha value is -2.29. The summed E-state index contributed by atoms with van der Waals surface area (Å²) >= 11 is 6.23. The van der Waals surface area contributed by atoms with Gasteiger partial charge < -0.3 is 9.64 Å². The van der Waals surface area contributed by atoms with E-state index in [0.717, 1.165) is 5.56 Å². The molecule has 0 unspecified atom stereocenters. The van der Waals surface area contributed by atoms with Gasteiger partial charge >= 0.3 is 6.09 Å². The Bertz CT molecular complexity index is 1200. The molecule has 0 bridgehead atoms. The lowest BCUT2D eigenvalue weighted by atomic mass is 10.2. The van der Waals surface area contributed by atoms with Gasteiger partial charge in [0, 0.05) is 28.7 Å². The fraction of sp³-hybridized carbons (Fsp3) is 0.300. The number of benzene rings is 2. The van der Waals surface area contributed by atoms with Crippen molar-refractivity contribution in [2.24, 2.45) is 0 Å². The first-order valence-electron chi connectivity index (χ1n) is 9.33. The van der Waals surface area contributed by atoms with Crippen molar-refractivity contribution in [3.8, 4) is 0 Å². The van der Waals surface area contributed by atoms with Crippen LogP contribution in [0.1, 0.15) is 24.9 Å². The molecular formula is C20H19Cl2N3O4S. The van der Waals surface area contributed by atoms with Gasteiger partial charge in [0.2, 0.25) is 0 Å². The van der Waals surface area contributed by atoms with Crippen LogP contribution in [-0.2, 0) is 20.4 Å². The average molecular weight is 468 g/mol. The van der Waals surface area contributed by atoms with Crippen LogP contribution in [0.25, 0.3) is 10.9 Å². The standard InChI is InChI=1S/C20H19Cl2N3O4S/c1-13-7-15(11-24(13)20(26)29-12-14-5-3-2-4-6-14)25-19-9-16(30(22,27)28)8-18(21)17(19)10-23-25/h2-6,8-10,13,15H,7,11-12H2,1H3/t13-,15+/m0/s1. The van der Waals surface area contributed by atoms with Crippen molar-refractivity contribution in [3.63, 3.8) is 0 Å². The van der Waals surface area contributed by atoms with Crippen molar-refractivity contribution >= 4 is 48.3 Å². The van der Waals surface area contributed by atoms with Gasteiger partial charge in [-0.2, -0.15) is 5.10 Å². The van der Waals surface area contributed by atoms with Gasteiger partial charge in [-0.3, -0.25) is 4.68 Å². The number of halogens is 2. The zero-order valence-corrected chi connectivity index (χ0v) is 18.4. The van der Waals surface area contributed by atoms with Gasteiger partial charge in [0.15, 0.2) is 0 Å². The van der Waals surface area contributed by atoms with Crippen molar-refractivity contribution in [3.05, 3.63) is 59.2 Å². The Morgan fingerprint density at radius 3 is 2.70 bits per heavy atom. The first-order chi connectivity index (χ1) is 14.2. The maximum atomic E-state index is 12.6. The number of amides is 1. The Morgan fingerprint density at radius 1 is 1.27 bits per heavy atom. The van der Waals surface area contributed by atoms with Crippen LogP contribution < -0.4 is 0 Å². The molecule has 1 aliphatic heterocycles. The fourth-order valence-electron chi connectivity index (χ4n) is 3.75. The van der Waals surface area contributed by atoms with Crippen molar-refractivity contribution in [2.45, 2.75) is 36.9 Å². The molecule has 1 aromatic heterocycles. The summed E-state index contributed by atoms with van der Waals surface area (Å²) in [4.78, 5) is 14.2. The number of nitrogens with zero attached hydrogens (tertiary/aromatic N) is 3. The second-order valence-electron chi connectivity index (χ2n) is 7.30. The second-order valence-corrected chi connectivity index (χ2v) is 10.3. The number of likely N-dealkylation sites (tertiary alicyclic amines) is 1. The quantitative estimate of drug-likeness (QED) is 0.524. The van der Waals surface area contributed by atoms with Gasteiger partial charge in [0.1, 0.15) is 6.61 Å². The minimum absolute atomic E-state index is 0.0621. The predicted molar refractivity (Wildman–Crippen MR) is 114 cm³/mol. The fourth-order valence-corrected chi connectivity index (χ4v) is 4.85. The highest BCUT2D eigenvalue weighted by molar-refractivity contribution is 8.13. The number of hydrogen-bond acceptors (Lipinski definition) is 5. The largest absolute Gasteiger partial charge is 0.445 e. The monoisotopic (exact) mass is 467 g/mol. The van der Waals surface area contributed by atoms with E-state index < -0.39 is 15.1 Å². The molecule has 0 aliphatic carbocycles. The molecule has 0 radical (unpaired) electrons. The van der Waals surface area contributed by atoms with E-state index in [9.17, 15) is 13.2 Å².